The fraction of sp³-hybridized carbons (Fsp3) is 0.318. The fourth-order valence-corrected chi connectivity index (χ4v) is 3.71. The van der Waals surface area contributed by atoms with Crippen LogP contribution in [0.15, 0.2) is 53.5 Å². The van der Waals surface area contributed by atoms with Crippen molar-refractivity contribution in [2.24, 2.45) is 0 Å². The molecule has 1 unspecified atom stereocenters. The number of hydrogen-bond donors (Lipinski definition) is 1. The zero-order chi connectivity index (χ0) is 18.8. The molecule has 0 amide bonds. The van der Waals surface area contributed by atoms with Crippen molar-refractivity contribution in [2.45, 2.75) is 39.2 Å². The van der Waals surface area contributed by atoms with E-state index >= 15 is 0 Å². The standard InChI is InChI=1S/C22H24N4O/c1-15-16(2)24-21(25-22(15)27)18-10-11-20(23-14-18)26-12-6-9-19(26)13-17-7-4-3-5-8-17/h3-5,7-8,10-11,14,19H,6,9,12-13H2,1-2H3,(H,24,25,27). The Morgan fingerprint density at radius 3 is 2.67 bits per heavy atom. The Kier molecular flexibility index (Phi) is 4.75. The monoisotopic (exact) mass is 360 g/mol. The number of nitrogens with one attached hydrogen (secondary N) is 1. The molecule has 2 aromatic heterocycles. The number of benzene rings is 1. The highest BCUT2D eigenvalue weighted by Gasteiger charge is 2.25. The summed E-state index contributed by atoms with van der Waals surface area (Å²) >= 11 is 0. The van der Waals surface area contributed by atoms with Crippen LogP contribution in [0, 0.1) is 13.8 Å². The number of aryl methyl sites for hydroxylation is 1. The first kappa shape index (κ1) is 17.5. The lowest BCUT2D eigenvalue weighted by molar-refractivity contribution is 0.658. The number of aromatic amines is 1. The van der Waals surface area contributed by atoms with Gasteiger partial charge in [-0.05, 0) is 50.8 Å². The van der Waals surface area contributed by atoms with Gasteiger partial charge in [-0.25, -0.2) is 9.97 Å². The second-order valence-corrected chi connectivity index (χ2v) is 7.21. The van der Waals surface area contributed by atoms with Gasteiger partial charge in [0.2, 0.25) is 0 Å². The third-order valence-electron chi connectivity index (χ3n) is 5.40. The van der Waals surface area contributed by atoms with Gasteiger partial charge in [-0.15, -0.1) is 0 Å². The number of rotatable bonds is 4. The molecule has 5 nitrogen and oxygen atoms in total. The topological polar surface area (TPSA) is 61.9 Å². The SMILES string of the molecule is Cc1nc(-c2ccc(N3CCCC3Cc3ccccc3)nc2)[nH]c(=O)c1C. The quantitative estimate of drug-likeness (QED) is 0.771. The molecular weight excluding hydrogens is 336 g/mol. The second kappa shape index (κ2) is 7.35. The Morgan fingerprint density at radius 1 is 1.15 bits per heavy atom. The highest BCUT2D eigenvalue weighted by molar-refractivity contribution is 5.57. The number of aromatic nitrogens is 3. The molecule has 0 radical (unpaired) electrons. The van der Waals surface area contributed by atoms with E-state index in [0.29, 0.717) is 17.4 Å². The zero-order valence-corrected chi connectivity index (χ0v) is 15.8. The first-order chi connectivity index (χ1) is 13.1. The minimum Gasteiger partial charge on any atom is -0.353 e. The van der Waals surface area contributed by atoms with E-state index in [0.717, 1.165) is 30.0 Å². The normalized spacial score (nSPS) is 16.7. The smallest absolute Gasteiger partial charge is 0.254 e. The lowest BCUT2D eigenvalue weighted by Crippen LogP contribution is -2.31. The van der Waals surface area contributed by atoms with Gasteiger partial charge in [0.1, 0.15) is 11.6 Å². The van der Waals surface area contributed by atoms with Crippen LogP contribution in [0.5, 0.6) is 0 Å². The molecule has 1 aromatic carbocycles. The second-order valence-electron chi connectivity index (χ2n) is 7.21. The van der Waals surface area contributed by atoms with Gasteiger partial charge in [-0.2, -0.15) is 0 Å². The Morgan fingerprint density at radius 2 is 1.96 bits per heavy atom. The Labute approximate surface area is 159 Å². The zero-order valence-electron chi connectivity index (χ0n) is 15.8. The molecule has 1 aliphatic heterocycles. The first-order valence-corrected chi connectivity index (χ1v) is 9.46. The highest BCUT2D eigenvalue weighted by atomic mass is 16.1. The van der Waals surface area contributed by atoms with Crippen LogP contribution in [0.4, 0.5) is 5.82 Å². The van der Waals surface area contributed by atoms with Crippen LogP contribution in [0.1, 0.15) is 29.7 Å². The van der Waals surface area contributed by atoms with Gasteiger partial charge in [-0.3, -0.25) is 4.79 Å². The molecule has 1 fully saturated rings. The van der Waals surface area contributed by atoms with Crippen molar-refractivity contribution in [1.82, 2.24) is 15.0 Å². The average Bonchev–Trinajstić information content (AvgIpc) is 3.15. The Bertz CT molecular complexity index is 979. The molecule has 1 atom stereocenters. The maximum atomic E-state index is 12.0. The van der Waals surface area contributed by atoms with Crippen LogP contribution >= 0.6 is 0 Å². The van der Waals surface area contributed by atoms with Gasteiger partial charge < -0.3 is 9.88 Å². The van der Waals surface area contributed by atoms with Crippen molar-refractivity contribution in [1.29, 1.82) is 0 Å². The predicted molar refractivity (Wildman–Crippen MR) is 108 cm³/mol. The molecule has 1 saturated heterocycles. The van der Waals surface area contributed by atoms with Gasteiger partial charge in [0.25, 0.3) is 5.56 Å². The number of hydrogen-bond acceptors (Lipinski definition) is 4. The molecule has 27 heavy (non-hydrogen) atoms. The summed E-state index contributed by atoms with van der Waals surface area (Å²) in [6.07, 6.45) is 5.22. The van der Waals surface area contributed by atoms with Crippen LogP contribution < -0.4 is 10.5 Å². The van der Waals surface area contributed by atoms with Crippen LogP contribution in [-0.2, 0) is 6.42 Å². The first-order valence-electron chi connectivity index (χ1n) is 9.46. The molecule has 3 aromatic rings. The Hall–Kier alpha value is -2.95. The van der Waals surface area contributed by atoms with Crippen molar-refractivity contribution in [3.8, 4) is 11.4 Å². The number of nitrogens with zero attached hydrogens (tertiary/aromatic N) is 3. The highest BCUT2D eigenvalue weighted by Crippen LogP contribution is 2.27. The van der Waals surface area contributed by atoms with Crippen molar-refractivity contribution >= 4 is 5.82 Å². The van der Waals surface area contributed by atoms with Crippen molar-refractivity contribution in [3.63, 3.8) is 0 Å². The largest absolute Gasteiger partial charge is 0.353 e. The maximum Gasteiger partial charge on any atom is 0.254 e. The minimum absolute atomic E-state index is 0.0935. The van der Waals surface area contributed by atoms with Crippen LogP contribution in [0.3, 0.4) is 0 Å². The van der Waals surface area contributed by atoms with E-state index in [1.54, 1.807) is 13.1 Å². The molecule has 1 N–H and O–H groups in total. The minimum atomic E-state index is -0.0935. The summed E-state index contributed by atoms with van der Waals surface area (Å²) in [5, 5.41) is 0. The third-order valence-corrected chi connectivity index (χ3v) is 5.40. The number of pyridine rings is 1. The summed E-state index contributed by atoms with van der Waals surface area (Å²) in [5.74, 6) is 1.56. The lowest BCUT2D eigenvalue weighted by atomic mass is 10.0. The molecule has 0 spiro atoms. The van der Waals surface area contributed by atoms with E-state index in [4.69, 9.17) is 0 Å². The van der Waals surface area contributed by atoms with E-state index in [1.165, 1.54) is 18.4 Å². The summed E-state index contributed by atoms with van der Waals surface area (Å²) in [5.41, 5.74) is 3.51. The van der Waals surface area contributed by atoms with E-state index in [1.807, 2.05) is 19.1 Å². The third kappa shape index (κ3) is 3.63. The maximum absolute atomic E-state index is 12.0. The van der Waals surface area contributed by atoms with Crippen LogP contribution in [0.2, 0.25) is 0 Å². The lowest BCUT2D eigenvalue weighted by Gasteiger charge is -2.26. The van der Waals surface area contributed by atoms with Gasteiger partial charge in [0.15, 0.2) is 0 Å². The Balaban J connectivity index is 1.55. The van der Waals surface area contributed by atoms with E-state index < -0.39 is 0 Å². The van der Waals surface area contributed by atoms with Crippen LogP contribution in [0.25, 0.3) is 11.4 Å². The number of anilines is 1. The summed E-state index contributed by atoms with van der Waals surface area (Å²) in [4.78, 5) is 26.4. The molecule has 0 aliphatic carbocycles. The molecule has 0 bridgehead atoms. The number of H-pyrrole nitrogens is 1. The average molecular weight is 360 g/mol. The van der Waals surface area contributed by atoms with Gasteiger partial charge >= 0.3 is 0 Å². The van der Waals surface area contributed by atoms with Gasteiger partial charge in [0, 0.05) is 35.6 Å². The van der Waals surface area contributed by atoms with E-state index in [2.05, 4.69) is 50.2 Å². The molecule has 1 aliphatic rings. The summed E-state index contributed by atoms with van der Waals surface area (Å²) in [6.45, 7) is 4.67. The van der Waals surface area contributed by atoms with Gasteiger partial charge in [-0.1, -0.05) is 30.3 Å². The van der Waals surface area contributed by atoms with E-state index in [9.17, 15) is 4.79 Å². The summed E-state index contributed by atoms with van der Waals surface area (Å²) in [7, 11) is 0. The molecular formula is C22H24N4O. The van der Waals surface area contributed by atoms with E-state index in [-0.39, 0.29) is 5.56 Å². The van der Waals surface area contributed by atoms with Crippen molar-refractivity contribution in [3.05, 3.63) is 75.8 Å². The molecule has 3 heterocycles. The molecule has 4 rings (SSSR count). The van der Waals surface area contributed by atoms with Crippen molar-refractivity contribution < 1.29 is 0 Å². The van der Waals surface area contributed by atoms with Gasteiger partial charge in [0.05, 0.1) is 0 Å². The van der Waals surface area contributed by atoms with Crippen molar-refractivity contribution in [2.75, 3.05) is 11.4 Å². The molecule has 5 heteroatoms. The molecule has 0 saturated carbocycles. The van der Waals surface area contributed by atoms with Crippen LogP contribution in [-0.4, -0.2) is 27.5 Å². The molecule has 138 valence electrons. The summed E-state index contributed by atoms with van der Waals surface area (Å²) < 4.78 is 0. The predicted octanol–water partition coefficient (Wildman–Crippen LogP) is 3.66. The summed E-state index contributed by atoms with van der Waals surface area (Å²) in [6, 6.07) is 15.1. The fourth-order valence-electron chi connectivity index (χ4n) is 3.71.